The molecule has 0 radical (unpaired) electrons. The largest absolute Gasteiger partial charge is 0.494 e. The summed E-state index contributed by atoms with van der Waals surface area (Å²) >= 11 is 0. The summed E-state index contributed by atoms with van der Waals surface area (Å²) in [7, 11) is 1.46. The molecule has 0 aliphatic carbocycles. The van der Waals surface area contributed by atoms with Crippen molar-refractivity contribution >= 4 is 23.3 Å². The molecule has 116 valence electrons. The Hall–Kier alpha value is -2.28. The number of primary amides is 1. The molecule has 1 aromatic carbocycles. The highest BCUT2D eigenvalue weighted by molar-refractivity contribution is 5.96. The Morgan fingerprint density at radius 2 is 1.95 bits per heavy atom. The highest BCUT2D eigenvalue weighted by atomic mass is 16.5. The van der Waals surface area contributed by atoms with Crippen LogP contribution in [0.4, 0.5) is 16.2 Å². The lowest BCUT2D eigenvalue weighted by atomic mass is 10.0. The molecule has 1 aromatic rings. The molecular weight excluding hydrogens is 272 g/mol. The Labute approximate surface area is 124 Å². The van der Waals surface area contributed by atoms with E-state index in [1.165, 1.54) is 7.11 Å². The number of methoxy groups -OCH3 is 1. The van der Waals surface area contributed by atoms with Gasteiger partial charge in [-0.25, -0.2) is 4.79 Å². The van der Waals surface area contributed by atoms with Crippen molar-refractivity contribution in [1.29, 1.82) is 0 Å². The number of carbonyl (C=O) groups excluding carboxylic acids is 2. The summed E-state index contributed by atoms with van der Waals surface area (Å²) < 4.78 is 5.14. The Balaban J connectivity index is 2.80. The maximum atomic E-state index is 11.9. The van der Waals surface area contributed by atoms with E-state index in [0.29, 0.717) is 29.5 Å². The van der Waals surface area contributed by atoms with Crippen molar-refractivity contribution in [3.63, 3.8) is 0 Å². The summed E-state index contributed by atoms with van der Waals surface area (Å²) in [5.74, 6) is 0.466. The Morgan fingerprint density at radius 3 is 2.48 bits per heavy atom. The zero-order chi connectivity index (χ0) is 16.0. The summed E-state index contributed by atoms with van der Waals surface area (Å²) in [6, 6.07) is 3.55. The number of ether oxygens (including phenoxy) is 1. The normalized spacial score (nSPS) is 11.9. The number of rotatable bonds is 6. The second-order valence-electron chi connectivity index (χ2n) is 5.13. The van der Waals surface area contributed by atoms with Crippen LogP contribution >= 0.6 is 0 Å². The molecule has 0 spiro atoms. The van der Waals surface area contributed by atoms with Crippen molar-refractivity contribution in [3.05, 3.63) is 18.2 Å². The van der Waals surface area contributed by atoms with E-state index in [2.05, 4.69) is 10.6 Å². The minimum Gasteiger partial charge on any atom is -0.494 e. The molecule has 0 aliphatic rings. The fourth-order valence-corrected chi connectivity index (χ4v) is 1.85. The van der Waals surface area contributed by atoms with Gasteiger partial charge < -0.3 is 26.8 Å². The van der Waals surface area contributed by atoms with Gasteiger partial charge in [0.05, 0.1) is 18.8 Å². The maximum Gasteiger partial charge on any atom is 0.316 e. The van der Waals surface area contributed by atoms with Crippen molar-refractivity contribution in [2.75, 3.05) is 17.7 Å². The average molecular weight is 294 g/mol. The maximum absolute atomic E-state index is 11.9. The minimum absolute atomic E-state index is 0.263. The number of hydrogen-bond acceptors (Lipinski definition) is 4. The van der Waals surface area contributed by atoms with E-state index < -0.39 is 12.1 Å². The van der Waals surface area contributed by atoms with Crippen LogP contribution in [-0.4, -0.2) is 25.1 Å². The van der Waals surface area contributed by atoms with Crippen molar-refractivity contribution in [3.8, 4) is 5.75 Å². The zero-order valence-corrected chi connectivity index (χ0v) is 12.5. The summed E-state index contributed by atoms with van der Waals surface area (Å²) in [5.41, 5.74) is 11.8. The van der Waals surface area contributed by atoms with E-state index in [9.17, 15) is 9.59 Å². The fourth-order valence-electron chi connectivity index (χ4n) is 1.85. The monoisotopic (exact) mass is 294 g/mol. The van der Waals surface area contributed by atoms with Crippen LogP contribution in [-0.2, 0) is 4.79 Å². The van der Waals surface area contributed by atoms with Gasteiger partial charge in [0.25, 0.3) is 0 Å². The van der Waals surface area contributed by atoms with Crippen molar-refractivity contribution in [2.24, 2.45) is 17.4 Å². The zero-order valence-electron chi connectivity index (χ0n) is 12.5. The summed E-state index contributed by atoms with van der Waals surface area (Å²) in [4.78, 5) is 22.8. The van der Waals surface area contributed by atoms with E-state index >= 15 is 0 Å². The van der Waals surface area contributed by atoms with Crippen LogP contribution in [0.25, 0.3) is 0 Å². The molecule has 0 fully saturated rings. The highest BCUT2D eigenvalue weighted by Crippen LogP contribution is 2.27. The fraction of sp³-hybridized carbons (Fsp3) is 0.429. The molecule has 1 rings (SSSR count). The first-order valence-electron chi connectivity index (χ1n) is 6.64. The van der Waals surface area contributed by atoms with Gasteiger partial charge in [0.2, 0.25) is 5.91 Å². The molecule has 0 aliphatic heterocycles. The third kappa shape index (κ3) is 5.31. The van der Waals surface area contributed by atoms with Crippen molar-refractivity contribution in [1.82, 2.24) is 0 Å². The molecule has 0 heterocycles. The average Bonchev–Trinajstić information content (AvgIpc) is 2.39. The van der Waals surface area contributed by atoms with E-state index in [-0.39, 0.29) is 5.91 Å². The van der Waals surface area contributed by atoms with Gasteiger partial charge in [0.1, 0.15) is 5.75 Å². The van der Waals surface area contributed by atoms with E-state index in [1.54, 1.807) is 18.2 Å². The van der Waals surface area contributed by atoms with Gasteiger partial charge in [0, 0.05) is 11.8 Å². The van der Waals surface area contributed by atoms with Gasteiger partial charge in [-0.15, -0.1) is 0 Å². The number of benzene rings is 1. The van der Waals surface area contributed by atoms with Crippen LogP contribution in [0.2, 0.25) is 0 Å². The van der Waals surface area contributed by atoms with Crippen LogP contribution in [0.15, 0.2) is 18.2 Å². The number of amides is 3. The lowest BCUT2D eigenvalue weighted by Gasteiger charge is -2.15. The Morgan fingerprint density at radius 1 is 1.29 bits per heavy atom. The number of urea groups is 1. The summed E-state index contributed by atoms with van der Waals surface area (Å²) in [6.45, 7) is 4.00. The molecule has 7 heteroatoms. The number of anilines is 2. The SMILES string of the molecule is COc1cc(NC(=O)[C@@H](N)CC(C)C)ccc1NC(N)=O. The third-order valence-electron chi connectivity index (χ3n) is 2.79. The number of hydrogen-bond donors (Lipinski definition) is 4. The van der Waals surface area contributed by atoms with Gasteiger partial charge in [-0.2, -0.15) is 0 Å². The summed E-state index contributed by atoms with van der Waals surface area (Å²) in [6.07, 6.45) is 0.601. The first kappa shape index (κ1) is 16.8. The van der Waals surface area contributed by atoms with Crippen LogP contribution in [0.3, 0.4) is 0 Å². The predicted octanol–water partition coefficient (Wildman–Crippen LogP) is 1.50. The first-order chi connectivity index (χ1) is 9.83. The molecule has 6 N–H and O–H groups in total. The third-order valence-corrected chi connectivity index (χ3v) is 2.79. The van der Waals surface area contributed by atoms with Crippen molar-refractivity contribution < 1.29 is 14.3 Å². The van der Waals surface area contributed by atoms with E-state index in [1.807, 2.05) is 13.8 Å². The molecule has 0 bridgehead atoms. The van der Waals surface area contributed by atoms with Gasteiger partial charge >= 0.3 is 6.03 Å². The highest BCUT2D eigenvalue weighted by Gasteiger charge is 2.16. The molecule has 21 heavy (non-hydrogen) atoms. The van der Waals surface area contributed by atoms with Gasteiger partial charge in [-0.05, 0) is 24.5 Å². The van der Waals surface area contributed by atoms with Gasteiger partial charge in [-0.3, -0.25) is 4.79 Å². The predicted molar refractivity (Wildman–Crippen MR) is 82.3 cm³/mol. The molecule has 3 amide bonds. The molecule has 0 saturated carbocycles. The molecule has 7 nitrogen and oxygen atoms in total. The van der Waals surface area contributed by atoms with Crippen LogP contribution in [0.5, 0.6) is 5.75 Å². The molecular formula is C14H22N4O3. The quantitative estimate of drug-likeness (QED) is 0.635. The second kappa shape index (κ2) is 7.49. The lowest BCUT2D eigenvalue weighted by Crippen LogP contribution is -2.36. The summed E-state index contributed by atoms with van der Waals surface area (Å²) in [5, 5.41) is 5.14. The van der Waals surface area contributed by atoms with Crippen LogP contribution in [0.1, 0.15) is 20.3 Å². The van der Waals surface area contributed by atoms with E-state index in [4.69, 9.17) is 16.2 Å². The number of carbonyl (C=O) groups is 2. The standard InChI is InChI=1S/C14H22N4O3/c1-8(2)6-10(15)13(19)17-9-4-5-11(18-14(16)20)12(7-9)21-3/h4-5,7-8,10H,6,15H2,1-3H3,(H,17,19)(H3,16,18,20)/t10-/m0/s1. The first-order valence-corrected chi connectivity index (χ1v) is 6.64. The van der Waals surface area contributed by atoms with Crippen LogP contribution < -0.4 is 26.8 Å². The molecule has 1 atom stereocenters. The topological polar surface area (TPSA) is 119 Å². The van der Waals surface area contributed by atoms with Crippen molar-refractivity contribution in [2.45, 2.75) is 26.3 Å². The molecule has 0 unspecified atom stereocenters. The van der Waals surface area contributed by atoms with E-state index in [0.717, 1.165) is 0 Å². The van der Waals surface area contributed by atoms with Gasteiger partial charge in [-0.1, -0.05) is 13.8 Å². The Kier molecular flexibility index (Phi) is 5.98. The lowest BCUT2D eigenvalue weighted by molar-refractivity contribution is -0.117. The van der Waals surface area contributed by atoms with Crippen LogP contribution in [0, 0.1) is 5.92 Å². The van der Waals surface area contributed by atoms with Gasteiger partial charge in [0.15, 0.2) is 0 Å². The number of nitrogens with one attached hydrogen (secondary N) is 2. The Bertz CT molecular complexity index is 517. The number of nitrogens with two attached hydrogens (primary N) is 2. The smallest absolute Gasteiger partial charge is 0.316 e. The minimum atomic E-state index is -0.691. The second-order valence-corrected chi connectivity index (χ2v) is 5.13. The molecule has 0 aromatic heterocycles. The molecule has 0 saturated heterocycles.